The number of carbonyl (C=O) groups is 1. The van der Waals surface area contributed by atoms with Crippen LogP contribution in [0.2, 0.25) is 0 Å². The van der Waals surface area contributed by atoms with Crippen LogP contribution < -0.4 is 0 Å². The summed E-state index contributed by atoms with van der Waals surface area (Å²) in [7, 11) is 0. The summed E-state index contributed by atoms with van der Waals surface area (Å²) in [6.07, 6.45) is -2.98. The van der Waals surface area contributed by atoms with E-state index in [0.717, 1.165) is 6.07 Å². The van der Waals surface area contributed by atoms with Crippen LogP contribution in [0.3, 0.4) is 0 Å². The largest absolute Gasteiger partial charge is 0.481 e. The standard InChI is InChI=1S/C8H5BrF2INO2/c9-6-3(2-5(14)15)1-4(7(10)11)8(12)13-6/h1,7H,2H2,(H,14,15). The summed E-state index contributed by atoms with van der Waals surface area (Å²) in [4.78, 5) is 14.3. The van der Waals surface area contributed by atoms with Crippen LogP contribution in [-0.4, -0.2) is 16.1 Å². The number of carboxylic acid groups (broad SMARTS) is 1. The summed E-state index contributed by atoms with van der Waals surface area (Å²) in [5.74, 6) is -1.08. The molecule has 0 atom stereocenters. The second kappa shape index (κ2) is 5.15. The topological polar surface area (TPSA) is 50.2 Å². The molecule has 1 heterocycles. The summed E-state index contributed by atoms with van der Waals surface area (Å²) >= 11 is 4.72. The molecule has 0 amide bonds. The summed E-state index contributed by atoms with van der Waals surface area (Å²) in [6.45, 7) is 0. The Bertz CT molecular complexity index is 400. The highest BCUT2D eigenvalue weighted by atomic mass is 127. The Hall–Kier alpha value is -0.310. The predicted molar refractivity (Wildman–Crippen MR) is 61.0 cm³/mol. The maximum Gasteiger partial charge on any atom is 0.307 e. The lowest BCUT2D eigenvalue weighted by molar-refractivity contribution is -0.136. The van der Waals surface area contributed by atoms with Gasteiger partial charge in [0, 0.05) is 0 Å². The van der Waals surface area contributed by atoms with E-state index in [-0.39, 0.29) is 21.2 Å². The highest BCUT2D eigenvalue weighted by Gasteiger charge is 2.17. The second-order valence-corrected chi connectivity index (χ2v) is 4.46. The maximum atomic E-state index is 12.5. The molecule has 1 aromatic heterocycles. The van der Waals surface area contributed by atoms with Crippen LogP contribution in [0.5, 0.6) is 0 Å². The highest BCUT2D eigenvalue weighted by molar-refractivity contribution is 14.1. The molecule has 1 rings (SSSR count). The van der Waals surface area contributed by atoms with Crippen LogP contribution in [0.4, 0.5) is 8.78 Å². The number of aliphatic carboxylic acids is 1. The van der Waals surface area contributed by atoms with Crippen molar-refractivity contribution in [3.63, 3.8) is 0 Å². The molecule has 0 radical (unpaired) electrons. The number of nitrogens with zero attached hydrogens (tertiary/aromatic N) is 1. The van der Waals surface area contributed by atoms with E-state index in [4.69, 9.17) is 5.11 Å². The first kappa shape index (κ1) is 12.8. The van der Waals surface area contributed by atoms with Crippen LogP contribution in [-0.2, 0) is 11.2 Å². The van der Waals surface area contributed by atoms with Gasteiger partial charge in [0.25, 0.3) is 6.43 Å². The van der Waals surface area contributed by atoms with Gasteiger partial charge in [-0.1, -0.05) is 0 Å². The third kappa shape index (κ3) is 3.33. The van der Waals surface area contributed by atoms with E-state index in [9.17, 15) is 13.6 Å². The molecular weight excluding hydrogens is 387 g/mol. The minimum atomic E-state index is -2.65. The number of pyridine rings is 1. The van der Waals surface area contributed by atoms with E-state index in [0.29, 0.717) is 4.60 Å². The fourth-order valence-corrected chi connectivity index (χ4v) is 2.37. The van der Waals surface area contributed by atoms with Crippen molar-refractivity contribution < 1.29 is 18.7 Å². The number of alkyl halides is 2. The molecule has 0 fully saturated rings. The third-order valence-corrected chi connectivity index (χ3v) is 3.16. The van der Waals surface area contributed by atoms with Gasteiger partial charge >= 0.3 is 5.97 Å². The van der Waals surface area contributed by atoms with E-state index >= 15 is 0 Å². The zero-order valence-electron chi connectivity index (χ0n) is 7.18. The van der Waals surface area contributed by atoms with Crippen LogP contribution in [0.15, 0.2) is 10.7 Å². The van der Waals surface area contributed by atoms with Crippen molar-refractivity contribution in [2.75, 3.05) is 0 Å². The zero-order chi connectivity index (χ0) is 11.6. The molecule has 0 saturated heterocycles. The normalized spacial score (nSPS) is 10.7. The number of aromatic nitrogens is 1. The minimum absolute atomic E-state index is 0.170. The van der Waals surface area contributed by atoms with Crippen molar-refractivity contribution in [3.05, 3.63) is 25.5 Å². The molecular formula is C8H5BrF2INO2. The first-order chi connectivity index (χ1) is 6.91. The Labute approximate surface area is 106 Å². The Morgan fingerprint density at radius 1 is 1.67 bits per heavy atom. The van der Waals surface area contributed by atoms with Crippen molar-refractivity contribution in [2.45, 2.75) is 12.8 Å². The number of carboxylic acids is 1. The number of halogens is 4. The van der Waals surface area contributed by atoms with Gasteiger partial charge < -0.3 is 5.11 Å². The molecule has 0 aliphatic carbocycles. The summed E-state index contributed by atoms with van der Waals surface area (Å²) in [6, 6.07) is 1.16. The first-order valence-electron chi connectivity index (χ1n) is 3.76. The maximum absolute atomic E-state index is 12.5. The molecule has 15 heavy (non-hydrogen) atoms. The van der Waals surface area contributed by atoms with Gasteiger partial charge in [0.15, 0.2) is 0 Å². The van der Waals surface area contributed by atoms with Crippen molar-refractivity contribution >= 4 is 44.5 Å². The quantitative estimate of drug-likeness (QED) is 0.636. The van der Waals surface area contributed by atoms with Gasteiger partial charge in [0.1, 0.15) is 8.30 Å². The lowest BCUT2D eigenvalue weighted by Crippen LogP contribution is -2.05. The van der Waals surface area contributed by atoms with Crippen LogP contribution in [0.25, 0.3) is 0 Å². The van der Waals surface area contributed by atoms with E-state index in [2.05, 4.69) is 20.9 Å². The molecule has 1 N–H and O–H groups in total. The smallest absolute Gasteiger partial charge is 0.307 e. The van der Waals surface area contributed by atoms with Crippen LogP contribution in [0.1, 0.15) is 17.6 Å². The van der Waals surface area contributed by atoms with Gasteiger partial charge in [-0.05, 0) is 50.2 Å². The van der Waals surface area contributed by atoms with Gasteiger partial charge in [0.2, 0.25) is 0 Å². The zero-order valence-corrected chi connectivity index (χ0v) is 10.9. The van der Waals surface area contributed by atoms with Gasteiger partial charge in [0.05, 0.1) is 12.0 Å². The molecule has 1 aromatic rings. The molecule has 0 saturated carbocycles. The van der Waals surface area contributed by atoms with Crippen molar-refractivity contribution in [1.82, 2.24) is 4.98 Å². The molecule has 0 aliphatic rings. The molecule has 0 unspecified atom stereocenters. The Morgan fingerprint density at radius 3 is 2.73 bits per heavy atom. The van der Waals surface area contributed by atoms with Crippen molar-refractivity contribution in [3.8, 4) is 0 Å². The van der Waals surface area contributed by atoms with Gasteiger partial charge in [-0.2, -0.15) is 0 Å². The fourth-order valence-electron chi connectivity index (χ4n) is 0.969. The Balaban J connectivity index is 3.17. The number of hydrogen-bond donors (Lipinski definition) is 1. The Kier molecular flexibility index (Phi) is 4.38. The third-order valence-electron chi connectivity index (χ3n) is 1.61. The first-order valence-corrected chi connectivity index (χ1v) is 5.63. The molecule has 0 aliphatic heterocycles. The van der Waals surface area contributed by atoms with E-state index < -0.39 is 12.4 Å². The Morgan fingerprint density at radius 2 is 2.27 bits per heavy atom. The molecule has 0 spiro atoms. The van der Waals surface area contributed by atoms with Crippen LogP contribution in [0, 0.1) is 3.70 Å². The second-order valence-electron chi connectivity index (χ2n) is 2.69. The van der Waals surface area contributed by atoms with Crippen LogP contribution >= 0.6 is 38.5 Å². The monoisotopic (exact) mass is 391 g/mol. The van der Waals surface area contributed by atoms with E-state index in [1.54, 1.807) is 22.6 Å². The van der Waals surface area contributed by atoms with Gasteiger partial charge in [-0.3, -0.25) is 4.79 Å². The average molecular weight is 392 g/mol. The average Bonchev–Trinajstić information content (AvgIpc) is 2.08. The lowest BCUT2D eigenvalue weighted by atomic mass is 10.1. The predicted octanol–water partition coefficient (Wildman–Crippen LogP) is 3.01. The van der Waals surface area contributed by atoms with Crippen molar-refractivity contribution in [1.29, 1.82) is 0 Å². The van der Waals surface area contributed by atoms with Gasteiger partial charge in [-0.15, -0.1) is 0 Å². The summed E-state index contributed by atoms with van der Waals surface area (Å²) in [5.41, 5.74) is 0.00765. The summed E-state index contributed by atoms with van der Waals surface area (Å²) in [5, 5.41) is 8.55. The van der Waals surface area contributed by atoms with Gasteiger partial charge in [-0.25, -0.2) is 13.8 Å². The number of rotatable bonds is 3. The lowest BCUT2D eigenvalue weighted by Gasteiger charge is -2.07. The molecule has 82 valence electrons. The molecule has 0 aromatic carbocycles. The fraction of sp³-hybridized carbons (Fsp3) is 0.250. The number of hydrogen-bond acceptors (Lipinski definition) is 2. The molecule has 3 nitrogen and oxygen atoms in total. The van der Waals surface area contributed by atoms with E-state index in [1.165, 1.54) is 0 Å². The van der Waals surface area contributed by atoms with E-state index in [1.807, 2.05) is 0 Å². The summed E-state index contributed by atoms with van der Waals surface area (Å²) < 4.78 is 25.4. The minimum Gasteiger partial charge on any atom is -0.481 e. The molecule has 7 heteroatoms. The van der Waals surface area contributed by atoms with Crippen molar-refractivity contribution in [2.24, 2.45) is 0 Å². The highest BCUT2D eigenvalue weighted by Crippen LogP contribution is 2.27. The SMILES string of the molecule is O=C(O)Cc1cc(C(F)F)c(I)nc1Br. The molecule has 0 bridgehead atoms.